The van der Waals surface area contributed by atoms with Gasteiger partial charge in [-0.2, -0.15) is 4.31 Å². The fourth-order valence-corrected chi connectivity index (χ4v) is 4.65. The van der Waals surface area contributed by atoms with Crippen LogP contribution < -0.4 is 10.6 Å². The van der Waals surface area contributed by atoms with Crippen LogP contribution in [-0.2, 0) is 30.9 Å². The summed E-state index contributed by atoms with van der Waals surface area (Å²) >= 11 is 0. The molecule has 1 aliphatic heterocycles. The van der Waals surface area contributed by atoms with Gasteiger partial charge in [-0.15, -0.1) is 0 Å². The molecule has 1 fully saturated rings. The standard InChI is InChI=1S/C21H25N3O5S/c1-16-8-10-17(11-9-16)14-22-20(25)21(26)23-15-19-24(12-5-13-29-19)30(27,28)18-6-3-2-4-7-18/h2-4,6-11,19H,5,12-15H2,1H3,(H,22,25)(H,23,26). The van der Waals surface area contributed by atoms with Crippen LogP contribution >= 0.6 is 0 Å². The van der Waals surface area contributed by atoms with E-state index in [-0.39, 0.29) is 24.5 Å². The van der Waals surface area contributed by atoms with Gasteiger partial charge in [0.2, 0.25) is 10.0 Å². The number of ether oxygens (including phenoxy) is 1. The number of sulfonamides is 1. The zero-order chi connectivity index (χ0) is 21.6. The van der Waals surface area contributed by atoms with Gasteiger partial charge >= 0.3 is 11.8 Å². The molecule has 0 saturated carbocycles. The van der Waals surface area contributed by atoms with Crippen molar-refractivity contribution in [3.63, 3.8) is 0 Å². The van der Waals surface area contributed by atoms with E-state index in [1.807, 2.05) is 31.2 Å². The number of rotatable bonds is 6. The van der Waals surface area contributed by atoms with E-state index in [4.69, 9.17) is 4.74 Å². The Bertz CT molecular complexity index is 977. The van der Waals surface area contributed by atoms with Crippen molar-refractivity contribution in [3.8, 4) is 0 Å². The molecule has 2 aromatic carbocycles. The molecular formula is C21H25N3O5S. The third-order valence-corrected chi connectivity index (χ3v) is 6.62. The molecule has 1 aliphatic rings. The molecule has 3 rings (SSSR count). The highest BCUT2D eigenvalue weighted by molar-refractivity contribution is 7.89. The van der Waals surface area contributed by atoms with E-state index < -0.39 is 28.1 Å². The summed E-state index contributed by atoms with van der Waals surface area (Å²) in [6, 6.07) is 15.6. The number of aryl methyl sites for hydroxylation is 1. The molecule has 0 bridgehead atoms. The van der Waals surface area contributed by atoms with Gasteiger partial charge in [-0.25, -0.2) is 8.42 Å². The lowest BCUT2D eigenvalue weighted by Gasteiger charge is -2.34. The maximum atomic E-state index is 12.9. The summed E-state index contributed by atoms with van der Waals surface area (Å²) in [6.45, 7) is 2.71. The van der Waals surface area contributed by atoms with Crippen LogP contribution in [0.5, 0.6) is 0 Å². The molecule has 2 aromatic rings. The summed E-state index contributed by atoms with van der Waals surface area (Å²) in [4.78, 5) is 24.4. The zero-order valence-corrected chi connectivity index (χ0v) is 17.5. The molecule has 1 heterocycles. The van der Waals surface area contributed by atoms with Crippen LogP contribution in [0, 0.1) is 6.92 Å². The smallest absolute Gasteiger partial charge is 0.309 e. The molecule has 0 aromatic heterocycles. The SMILES string of the molecule is Cc1ccc(CNC(=O)C(=O)NCC2OCCCN2S(=O)(=O)c2ccccc2)cc1. The van der Waals surface area contributed by atoms with Crippen molar-refractivity contribution in [1.82, 2.24) is 14.9 Å². The first-order valence-corrected chi connectivity index (χ1v) is 11.1. The predicted octanol–water partition coefficient (Wildman–Crippen LogP) is 1.16. The van der Waals surface area contributed by atoms with Crippen LogP contribution in [0.4, 0.5) is 0 Å². The highest BCUT2D eigenvalue weighted by Gasteiger charge is 2.34. The van der Waals surface area contributed by atoms with Crippen LogP contribution in [0.3, 0.4) is 0 Å². The second-order valence-electron chi connectivity index (χ2n) is 6.99. The number of hydrogen-bond donors (Lipinski definition) is 2. The average Bonchev–Trinajstić information content (AvgIpc) is 2.77. The van der Waals surface area contributed by atoms with Crippen LogP contribution in [0.25, 0.3) is 0 Å². The molecule has 9 heteroatoms. The molecule has 0 spiro atoms. The van der Waals surface area contributed by atoms with Gasteiger partial charge in [0.05, 0.1) is 18.0 Å². The molecule has 2 amide bonds. The summed E-state index contributed by atoms with van der Waals surface area (Å²) in [6.07, 6.45) is -0.328. The Kier molecular flexibility index (Phi) is 7.20. The van der Waals surface area contributed by atoms with Crippen molar-refractivity contribution in [1.29, 1.82) is 0 Å². The van der Waals surface area contributed by atoms with Gasteiger partial charge in [0.15, 0.2) is 0 Å². The van der Waals surface area contributed by atoms with Crippen LogP contribution in [0.15, 0.2) is 59.5 Å². The van der Waals surface area contributed by atoms with Crippen molar-refractivity contribution in [2.24, 2.45) is 0 Å². The summed E-state index contributed by atoms with van der Waals surface area (Å²) in [5.41, 5.74) is 1.97. The topological polar surface area (TPSA) is 105 Å². The number of hydrogen-bond acceptors (Lipinski definition) is 5. The maximum absolute atomic E-state index is 12.9. The minimum Gasteiger partial charge on any atom is -0.360 e. The summed E-state index contributed by atoms with van der Waals surface area (Å²) in [5.74, 6) is -1.63. The van der Waals surface area contributed by atoms with Gasteiger partial charge in [0.1, 0.15) is 6.23 Å². The van der Waals surface area contributed by atoms with Gasteiger partial charge in [0.25, 0.3) is 0 Å². The Labute approximate surface area is 176 Å². The number of nitrogens with one attached hydrogen (secondary N) is 2. The second kappa shape index (κ2) is 9.84. The average molecular weight is 432 g/mol. The van der Waals surface area contributed by atoms with Gasteiger partial charge < -0.3 is 15.4 Å². The first-order valence-electron chi connectivity index (χ1n) is 9.68. The first-order chi connectivity index (χ1) is 14.4. The summed E-state index contributed by atoms with van der Waals surface area (Å²) in [7, 11) is -3.77. The summed E-state index contributed by atoms with van der Waals surface area (Å²) < 4.78 is 32.6. The molecule has 160 valence electrons. The largest absolute Gasteiger partial charge is 0.360 e. The van der Waals surface area contributed by atoms with Crippen LogP contribution in [0.2, 0.25) is 0 Å². The van der Waals surface area contributed by atoms with Crippen molar-refractivity contribution in [2.45, 2.75) is 31.0 Å². The van der Waals surface area contributed by atoms with E-state index in [2.05, 4.69) is 10.6 Å². The minimum absolute atomic E-state index is 0.122. The number of carbonyl (C=O) groups is 2. The predicted molar refractivity (Wildman–Crippen MR) is 111 cm³/mol. The molecule has 0 radical (unpaired) electrons. The molecule has 1 saturated heterocycles. The van der Waals surface area contributed by atoms with Crippen LogP contribution in [-0.4, -0.2) is 50.5 Å². The fourth-order valence-electron chi connectivity index (χ4n) is 3.06. The fraction of sp³-hybridized carbons (Fsp3) is 0.333. The first kappa shape index (κ1) is 21.9. The Morgan fingerprint density at radius 1 is 1.03 bits per heavy atom. The quantitative estimate of drug-likeness (QED) is 0.668. The molecule has 1 atom stereocenters. The molecule has 8 nitrogen and oxygen atoms in total. The minimum atomic E-state index is -3.77. The third-order valence-electron chi connectivity index (χ3n) is 4.72. The van der Waals surface area contributed by atoms with E-state index in [0.717, 1.165) is 11.1 Å². The van der Waals surface area contributed by atoms with Gasteiger partial charge in [-0.05, 0) is 31.0 Å². The molecule has 2 N–H and O–H groups in total. The second-order valence-corrected chi connectivity index (χ2v) is 8.88. The van der Waals surface area contributed by atoms with E-state index in [1.54, 1.807) is 18.2 Å². The van der Waals surface area contributed by atoms with Crippen LogP contribution in [0.1, 0.15) is 17.5 Å². The number of benzene rings is 2. The molecule has 30 heavy (non-hydrogen) atoms. The van der Waals surface area contributed by atoms with E-state index in [0.29, 0.717) is 13.0 Å². The summed E-state index contributed by atoms with van der Waals surface area (Å²) in [5, 5.41) is 5.02. The maximum Gasteiger partial charge on any atom is 0.309 e. The number of nitrogens with zero attached hydrogens (tertiary/aromatic N) is 1. The number of amides is 2. The lowest BCUT2D eigenvalue weighted by molar-refractivity contribution is -0.140. The lowest BCUT2D eigenvalue weighted by atomic mass is 10.1. The molecule has 0 aliphatic carbocycles. The number of carbonyl (C=O) groups excluding carboxylic acids is 2. The van der Waals surface area contributed by atoms with Gasteiger partial charge in [0, 0.05) is 13.1 Å². The van der Waals surface area contributed by atoms with E-state index >= 15 is 0 Å². The van der Waals surface area contributed by atoms with Crippen molar-refractivity contribution < 1.29 is 22.7 Å². The molecule has 1 unspecified atom stereocenters. The normalized spacial score (nSPS) is 17.3. The van der Waals surface area contributed by atoms with Gasteiger partial charge in [-0.3, -0.25) is 9.59 Å². The Hall–Kier alpha value is -2.75. The van der Waals surface area contributed by atoms with E-state index in [9.17, 15) is 18.0 Å². The van der Waals surface area contributed by atoms with E-state index in [1.165, 1.54) is 16.4 Å². The highest BCUT2D eigenvalue weighted by atomic mass is 32.2. The lowest BCUT2D eigenvalue weighted by Crippen LogP contribution is -2.53. The Morgan fingerprint density at radius 2 is 1.70 bits per heavy atom. The molecular weight excluding hydrogens is 406 g/mol. The Balaban J connectivity index is 1.56. The zero-order valence-electron chi connectivity index (χ0n) is 16.7. The van der Waals surface area contributed by atoms with Crippen molar-refractivity contribution >= 4 is 21.8 Å². The van der Waals surface area contributed by atoms with Crippen molar-refractivity contribution in [2.75, 3.05) is 19.7 Å². The van der Waals surface area contributed by atoms with Crippen molar-refractivity contribution in [3.05, 3.63) is 65.7 Å². The third kappa shape index (κ3) is 5.44. The van der Waals surface area contributed by atoms with Gasteiger partial charge in [-0.1, -0.05) is 48.0 Å². The monoisotopic (exact) mass is 431 g/mol. The highest BCUT2D eigenvalue weighted by Crippen LogP contribution is 2.21. The Morgan fingerprint density at radius 3 is 2.40 bits per heavy atom.